The Bertz CT molecular complexity index is 461. The molecule has 14 heavy (non-hydrogen) atoms. The predicted octanol–water partition coefficient (Wildman–Crippen LogP) is -0.547. The second kappa shape index (κ2) is 3.29. The van der Waals surface area contributed by atoms with Crippen LogP contribution in [0.5, 0.6) is 0 Å². The summed E-state index contributed by atoms with van der Waals surface area (Å²) < 4.78 is 28.3. The fourth-order valence-electron chi connectivity index (χ4n) is 0.827. The lowest BCUT2D eigenvalue weighted by Crippen LogP contribution is -2.11. The van der Waals surface area contributed by atoms with Crippen LogP contribution in [0.4, 0.5) is 6.01 Å². The van der Waals surface area contributed by atoms with Gasteiger partial charge in [0.1, 0.15) is 0 Å². The van der Waals surface area contributed by atoms with E-state index in [1.54, 1.807) is 0 Å². The van der Waals surface area contributed by atoms with Crippen LogP contribution in [-0.2, 0) is 10.0 Å². The van der Waals surface area contributed by atoms with Crippen molar-refractivity contribution in [3.8, 4) is 0 Å². The van der Waals surface area contributed by atoms with Crippen LogP contribution in [0.1, 0.15) is 16.2 Å². The minimum Gasteiger partial charge on any atom is -0.417 e. The van der Waals surface area contributed by atoms with E-state index in [9.17, 15) is 13.2 Å². The van der Waals surface area contributed by atoms with Gasteiger partial charge in [-0.15, -0.1) is 0 Å². The number of aromatic nitrogens is 1. The van der Waals surface area contributed by atoms with Crippen molar-refractivity contribution in [1.82, 2.24) is 4.98 Å². The minimum absolute atomic E-state index is 0.156. The first-order chi connectivity index (χ1) is 6.29. The molecule has 0 aliphatic carbocycles. The van der Waals surface area contributed by atoms with Crippen molar-refractivity contribution in [2.45, 2.75) is 6.92 Å². The highest BCUT2D eigenvalue weighted by atomic mass is 32.2. The van der Waals surface area contributed by atoms with Crippen molar-refractivity contribution in [3.63, 3.8) is 0 Å². The highest BCUT2D eigenvalue weighted by Crippen LogP contribution is 2.14. The van der Waals surface area contributed by atoms with E-state index in [-0.39, 0.29) is 17.5 Å². The summed E-state index contributed by atoms with van der Waals surface area (Å²) >= 11 is 0. The van der Waals surface area contributed by atoms with Gasteiger partial charge in [0.05, 0.1) is 11.9 Å². The average Bonchev–Trinajstić information content (AvgIpc) is 2.26. The SMILES string of the molecule is Cc1nc(NS(C)(=O)=O)oc1C(N)=O. The topological polar surface area (TPSA) is 115 Å². The number of rotatable bonds is 3. The molecule has 1 aromatic heterocycles. The molecule has 0 aromatic carbocycles. The molecule has 0 saturated carbocycles. The van der Waals surface area contributed by atoms with Crippen molar-refractivity contribution < 1.29 is 17.6 Å². The zero-order valence-corrected chi connectivity index (χ0v) is 8.38. The quantitative estimate of drug-likeness (QED) is 0.707. The maximum Gasteiger partial charge on any atom is 0.309 e. The van der Waals surface area contributed by atoms with E-state index in [1.807, 2.05) is 4.72 Å². The molecule has 1 rings (SSSR count). The van der Waals surface area contributed by atoms with E-state index in [1.165, 1.54) is 6.92 Å². The van der Waals surface area contributed by atoms with Gasteiger partial charge in [-0.1, -0.05) is 0 Å². The maximum atomic E-state index is 10.8. The molecular weight excluding hydrogens is 210 g/mol. The number of nitrogens with zero attached hydrogens (tertiary/aromatic N) is 1. The second-order valence-electron chi connectivity index (χ2n) is 2.67. The molecule has 1 aromatic rings. The first-order valence-electron chi connectivity index (χ1n) is 3.54. The predicted molar refractivity (Wildman–Crippen MR) is 48.2 cm³/mol. The van der Waals surface area contributed by atoms with Gasteiger partial charge in [-0.3, -0.25) is 4.79 Å². The summed E-state index contributed by atoms with van der Waals surface area (Å²) in [6, 6.07) is -0.265. The highest BCUT2D eigenvalue weighted by Gasteiger charge is 2.16. The van der Waals surface area contributed by atoms with Gasteiger partial charge in [0.2, 0.25) is 15.8 Å². The molecule has 1 amide bonds. The third kappa shape index (κ3) is 2.46. The van der Waals surface area contributed by atoms with Crippen molar-refractivity contribution in [3.05, 3.63) is 11.5 Å². The molecule has 0 aliphatic rings. The zero-order valence-electron chi connectivity index (χ0n) is 7.57. The molecule has 0 spiro atoms. The number of hydrogen-bond acceptors (Lipinski definition) is 5. The van der Waals surface area contributed by atoms with Gasteiger partial charge >= 0.3 is 6.01 Å². The van der Waals surface area contributed by atoms with Crippen LogP contribution in [0.15, 0.2) is 4.42 Å². The van der Waals surface area contributed by atoms with E-state index >= 15 is 0 Å². The zero-order chi connectivity index (χ0) is 10.9. The molecule has 3 N–H and O–H groups in total. The first kappa shape index (κ1) is 10.5. The van der Waals surface area contributed by atoms with Crippen LogP contribution in [0.3, 0.4) is 0 Å². The monoisotopic (exact) mass is 219 g/mol. The number of sulfonamides is 1. The van der Waals surface area contributed by atoms with Crippen molar-refractivity contribution in [2.75, 3.05) is 11.0 Å². The third-order valence-corrected chi connectivity index (χ3v) is 1.84. The largest absolute Gasteiger partial charge is 0.417 e. The molecule has 0 radical (unpaired) electrons. The lowest BCUT2D eigenvalue weighted by molar-refractivity contribution is 0.0974. The summed E-state index contributed by atoms with van der Waals surface area (Å²) in [5.74, 6) is -0.951. The van der Waals surface area contributed by atoms with Gasteiger partial charge in [0.25, 0.3) is 5.91 Å². The van der Waals surface area contributed by atoms with Crippen LogP contribution < -0.4 is 10.5 Å². The van der Waals surface area contributed by atoms with Gasteiger partial charge in [0.15, 0.2) is 0 Å². The molecule has 0 atom stereocenters. The Hall–Kier alpha value is -1.57. The Kier molecular flexibility index (Phi) is 2.47. The highest BCUT2D eigenvalue weighted by molar-refractivity contribution is 7.91. The smallest absolute Gasteiger partial charge is 0.309 e. The molecule has 1 heterocycles. The fourth-order valence-corrected chi connectivity index (χ4v) is 1.23. The van der Waals surface area contributed by atoms with Gasteiger partial charge < -0.3 is 10.2 Å². The van der Waals surface area contributed by atoms with Crippen LogP contribution in [0.25, 0.3) is 0 Å². The van der Waals surface area contributed by atoms with Crippen molar-refractivity contribution in [1.29, 1.82) is 0 Å². The Morgan fingerprint density at radius 3 is 2.50 bits per heavy atom. The number of hydrogen-bond donors (Lipinski definition) is 2. The number of oxazole rings is 1. The van der Waals surface area contributed by atoms with Gasteiger partial charge in [-0.05, 0) is 6.92 Å². The minimum atomic E-state index is -3.46. The molecule has 8 heteroatoms. The van der Waals surface area contributed by atoms with Gasteiger partial charge in [0, 0.05) is 0 Å². The fraction of sp³-hybridized carbons (Fsp3) is 0.333. The summed E-state index contributed by atoms with van der Waals surface area (Å²) in [5.41, 5.74) is 5.18. The summed E-state index contributed by atoms with van der Waals surface area (Å²) in [6.45, 7) is 1.48. The molecule has 0 saturated heterocycles. The number of carbonyl (C=O) groups is 1. The molecule has 0 aliphatic heterocycles. The second-order valence-corrected chi connectivity index (χ2v) is 4.42. The summed E-state index contributed by atoms with van der Waals surface area (Å²) in [5, 5.41) is 0. The first-order valence-corrected chi connectivity index (χ1v) is 5.44. The normalized spacial score (nSPS) is 11.3. The number of primary amides is 1. The summed E-state index contributed by atoms with van der Waals surface area (Å²) in [4.78, 5) is 14.4. The number of carbonyl (C=O) groups excluding carboxylic acids is 1. The van der Waals surface area contributed by atoms with Crippen LogP contribution in [0.2, 0.25) is 0 Å². The van der Waals surface area contributed by atoms with Crippen LogP contribution in [-0.4, -0.2) is 25.6 Å². The molecular formula is C6H9N3O4S. The Balaban J connectivity index is 3.04. The molecule has 0 unspecified atom stereocenters. The summed E-state index contributed by atoms with van der Waals surface area (Å²) in [7, 11) is -3.46. The lowest BCUT2D eigenvalue weighted by Gasteiger charge is -1.95. The van der Waals surface area contributed by atoms with Crippen molar-refractivity contribution >= 4 is 21.9 Å². The van der Waals surface area contributed by atoms with E-state index in [0.717, 1.165) is 6.26 Å². The average molecular weight is 219 g/mol. The number of nitrogens with two attached hydrogens (primary N) is 1. The lowest BCUT2D eigenvalue weighted by atomic mass is 10.4. The van der Waals surface area contributed by atoms with Crippen LogP contribution >= 0.6 is 0 Å². The number of nitrogens with one attached hydrogen (secondary N) is 1. The Labute approximate surface area is 80.4 Å². The van der Waals surface area contributed by atoms with Crippen molar-refractivity contribution in [2.24, 2.45) is 5.73 Å². The van der Waals surface area contributed by atoms with Gasteiger partial charge in [-0.2, -0.15) is 4.98 Å². The maximum absolute atomic E-state index is 10.8. The van der Waals surface area contributed by atoms with E-state index in [4.69, 9.17) is 10.2 Å². The summed E-state index contributed by atoms with van der Waals surface area (Å²) in [6.07, 6.45) is 0.941. The standard InChI is InChI=1S/C6H9N3O4S/c1-3-4(5(7)10)13-6(8-3)9-14(2,11)12/h1-2H3,(H2,7,10)(H,8,9). The molecule has 78 valence electrons. The number of amides is 1. The Morgan fingerprint density at radius 1 is 1.57 bits per heavy atom. The number of anilines is 1. The van der Waals surface area contributed by atoms with Gasteiger partial charge in [-0.25, -0.2) is 13.1 Å². The van der Waals surface area contributed by atoms with E-state index in [0.29, 0.717) is 0 Å². The molecule has 7 nitrogen and oxygen atoms in total. The van der Waals surface area contributed by atoms with E-state index < -0.39 is 15.9 Å². The third-order valence-electron chi connectivity index (χ3n) is 1.29. The molecule has 0 fully saturated rings. The molecule has 0 bridgehead atoms. The van der Waals surface area contributed by atoms with E-state index in [2.05, 4.69) is 4.98 Å². The number of aryl methyl sites for hydroxylation is 1. The Morgan fingerprint density at radius 2 is 2.14 bits per heavy atom. The van der Waals surface area contributed by atoms with Crippen LogP contribution in [0, 0.1) is 6.92 Å².